The van der Waals surface area contributed by atoms with Gasteiger partial charge in [-0.1, -0.05) is 59.6 Å². The predicted molar refractivity (Wildman–Crippen MR) is 104 cm³/mol. The van der Waals surface area contributed by atoms with Crippen LogP contribution in [-0.4, -0.2) is 4.98 Å². The van der Waals surface area contributed by atoms with Crippen LogP contribution >= 0.6 is 39.1 Å². The van der Waals surface area contributed by atoms with Crippen LogP contribution < -0.4 is 5.32 Å². The maximum absolute atomic E-state index is 6.10. The Balaban J connectivity index is 1.84. The lowest BCUT2D eigenvalue weighted by molar-refractivity contribution is 0.591. The monoisotopic (exact) mass is 420 g/mol. The zero-order chi connectivity index (χ0) is 16.9. The summed E-state index contributed by atoms with van der Waals surface area (Å²) in [5.41, 5.74) is 3.19. The summed E-state index contributed by atoms with van der Waals surface area (Å²) in [4.78, 5) is 4.54. The number of halogens is 3. The summed E-state index contributed by atoms with van der Waals surface area (Å²) in [5.74, 6) is 0. The first-order valence-electron chi connectivity index (χ1n) is 7.47. The van der Waals surface area contributed by atoms with Gasteiger partial charge in [0, 0.05) is 17.2 Å². The van der Waals surface area contributed by atoms with Gasteiger partial charge in [-0.2, -0.15) is 0 Å². The van der Waals surface area contributed by atoms with Gasteiger partial charge < -0.3 is 5.32 Å². The number of benzene rings is 2. The fourth-order valence-corrected chi connectivity index (χ4v) is 3.02. The van der Waals surface area contributed by atoms with Crippen molar-refractivity contribution < 1.29 is 0 Å². The van der Waals surface area contributed by atoms with Gasteiger partial charge in [0.25, 0.3) is 0 Å². The molecule has 1 heterocycles. The second kappa shape index (κ2) is 8.13. The summed E-state index contributed by atoms with van der Waals surface area (Å²) in [7, 11) is 0. The highest BCUT2D eigenvalue weighted by atomic mass is 79.9. The summed E-state index contributed by atoms with van der Waals surface area (Å²) < 4.78 is 0.961. The molecular weight excluding hydrogens is 407 g/mol. The Hall–Kier alpha value is -1.39. The first-order valence-corrected chi connectivity index (χ1v) is 9.02. The Labute approximate surface area is 160 Å². The van der Waals surface area contributed by atoms with Crippen LogP contribution in [0.15, 0.2) is 71.3 Å². The Morgan fingerprint density at radius 1 is 0.958 bits per heavy atom. The fraction of sp³-hybridized carbons (Fsp3) is 0.105. The van der Waals surface area contributed by atoms with Crippen LogP contribution in [0.2, 0.25) is 10.0 Å². The van der Waals surface area contributed by atoms with E-state index in [1.807, 2.05) is 54.7 Å². The van der Waals surface area contributed by atoms with Gasteiger partial charge in [0.15, 0.2) is 0 Å². The molecule has 0 fully saturated rings. The second-order valence-electron chi connectivity index (χ2n) is 5.37. The highest BCUT2D eigenvalue weighted by molar-refractivity contribution is 9.10. The number of aromatic nitrogens is 1. The van der Waals surface area contributed by atoms with E-state index in [-0.39, 0.29) is 6.04 Å². The molecule has 0 saturated heterocycles. The quantitative estimate of drug-likeness (QED) is 0.543. The number of nitrogens with zero attached hydrogens (tertiary/aromatic N) is 1. The Morgan fingerprint density at radius 2 is 1.75 bits per heavy atom. The predicted octanol–water partition coefficient (Wildman–Crippen LogP) is 6.03. The molecule has 2 aromatic carbocycles. The van der Waals surface area contributed by atoms with Gasteiger partial charge in [-0.05, 0) is 51.3 Å². The van der Waals surface area contributed by atoms with Crippen molar-refractivity contribution in [2.75, 3.05) is 0 Å². The average Bonchev–Trinajstić information content (AvgIpc) is 2.60. The van der Waals surface area contributed by atoms with Crippen LogP contribution in [0.25, 0.3) is 0 Å². The van der Waals surface area contributed by atoms with E-state index >= 15 is 0 Å². The van der Waals surface area contributed by atoms with Crippen LogP contribution in [0.5, 0.6) is 0 Å². The molecule has 1 aromatic heterocycles. The number of hydrogen-bond donors (Lipinski definition) is 1. The number of hydrogen-bond acceptors (Lipinski definition) is 2. The molecule has 2 nitrogen and oxygen atoms in total. The summed E-state index contributed by atoms with van der Waals surface area (Å²) >= 11 is 15.5. The highest BCUT2D eigenvalue weighted by Gasteiger charge is 2.15. The minimum atomic E-state index is -0.00578. The molecule has 0 spiro atoms. The molecule has 1 atom stereocenters. The first-order chi connectivity index (χ1) is 11.6. The lowest BCUT2D eigenvalue weighted by Crippen LogP contribution is -2.23. The zero-order valence-corrected chi connectivity index (χ0v) is 15.8. The van der Waals surface area contributed by atoms with Crippen molar-refractivity contribution in [2.24, 2.45) is 0 Å². The molecule has 0 bridgehead atoms. The second-order valence-corrected chi connectivity index (χ2v) is 7.10. The van der Waals surface area contributed by atoms with E-state index in [4.69, 9.17) is 23.2 Å². The van der Waals surface area contributed by atoms with Gasteiger partial charge in [-0.25, -0.2) is 0 Å². The largest absolute Gasteiger partial charge is 0.301 e. The normalized spacial score (nSPS) is 12.1. The Bertz CT molecular complexity index is 807. The van der Waals surface area contributed by atoms with Crippen molar-refractivity contribution in [3.05, 3.63) is 98.2 Å². The third-order valence-electron chi connectivity index (χ3n) is 3.67. The van der Waals surface area contributed by atoms with Gasteiger partial charge in [0.1, 0.15) is 0 Å². The van der Waals surface area contributed by atoms with E-state index < -0.39 is 0 Å². The van der Waals surface area contributed by atoms with E-state index in [9.17, 15) is 0 Å². The van der Waals surface area contributed by atoms with Gasteiger partial charge in [0.2, 0.25) is 0 Å². The molecule has 3 rings (SSSR count). The van der Waals surface area contributed by atoms with Crippen LogP contribution in [0, 0.1) is 0 Å². The first kappa shape index (κ1) is 17.4. The minimum Gasteiger partial charge on any atom is -0.301 e. The van der Waals surface area contributed by atoms with Crippen molar-refractivity contribution in [1.29, 1.82) is 0 Å². The number of nitrogens with one attached hydrogen (secondary N) is 1. The summed E-state index contributed by atoms with van der Waals surface area (Å²) in [5, 5.41) is 4.68. The van der Waals surface area contributed by atoms with Crippen LogP contribution in [0.3, 0.4) is 0 Å². The van der Waals surface area contributed by atoms with Crippen molar-refractivity contribution in [3.63, 3.8) is 0 Å². The molecular formula is C19H15BrCl2N2. The average molecular weight is 422 g/mol. The molecule has 1 N–H and O–H groups in total. The summed E-state index contributed by atoms with van der Waals surface area (Å²) in [6.45, 7) is 0.661. The summed E-state index contributed by atoms with van der Waals surface area (Å²) in [6.07, 6.45) is 1.81. The Kier molecular flexibility index (Phi) is 5.90. The summed E-state index contributed by atoms with van der Waals surface area (Å²) in [6, 6.07) is 19.9. The molecule has 3 aromatic rings. The molecule has 0 aliphatic carbocycles. The number of rotatable bonds is 5. The lowest BCUT2D eigenvalue weighted by Gasteiger charge is -2.19. The van der Waals surface area contributed by atoms with E-state index in [2.05, 4.69) is 38.4 Å². The van der Waals surface area contributed by atoms with Crippen molar-refractivity contribution in [3.8, 4) is 0 Å². The molecule has 5 heteroatoms. The van der Waals surface area contributed by atoms with Crippen LogP contribution in [0.4, 0.5) is 0 Å². The molecule has 0 saturated carbocycles. The lowest BCUT2D eigenvalue weighted by atomic mass is 10.0. The maximum Gasteiger partial charge on any atom is 0.0754 e. The Morgan fingerprint density at radius 3 is 2.42 bits per heavy atom. The van der Waals surface area contributed by atoms with E-state index in [0.717, 1.165) is 21.3 Å². The zero-order valence-electron chi connectivity index (χ0n) is 12.7. The smallest absolute Gasteiger partial charge is 0.0754 e. The van der Waals surface area contributed by atoms with Crippen molar-refractivity contribution in [1.82, 2.24) is 10.3 Å². The highest BCUT2D eigenvalue weighted by Crippen LogP contribution is 2.25. The molecule has 0 radical (unpaired) electrons. The van der Waals surface area contributed by atoms with Gasteiger partial charge in [0.05, 0.1) is 21.8 Å². The minimum absolute atomic E-state index is 0.00578. The SMILES string of the molecule is Clc1ccc(CNC(c2ccccc2)c2ccc(Br)cn2)cc1Cl. The fourth-order valence-electron chi connectivity index (χ4n) is 2.47. The molecule has 1 unspecified atom stereocenters. The maximum atomic E-state index is 6.10. The van der Waals surface area contributed by atoms with Gasteiger partial charge >= 0.3 is 0 Å². The van der Waals surface area contributed by atoms with E-state index in [1.54, 1.807) is 0 Å². The third-order valence-corrected chi connectivity index (χ3v) is 4.88. The van der Waals surface area contributed by atoms with Crippen molar-refractivity contribution >= 4 is 39.1 Å². The van der Waals surface area contributed by atoms with Crippen LogP contribution in [0.1, 0.15) is 22.9 Å². The van der Waals surface area contributed by atoms with Gasteiger partial charge in [-0.3, -0.25) is 4.98 Å². The van der Waals surface area contributed by atoms with Gasteiger partial charge in [-0.15, -0.1) is 0 Å². The molecule has 24 heavy (non-hydrogen) atoms. The van der Waals surface area contributed by atoms with E-state index in [0.29, 0.717) is 16.6 Å². The third kappa shape index (κ3) is 4.37. The van der Waals surface area contributed by atoms with Crippen LogP contribution in [-0.2, 0) is 6.54 Å². The van der Waals surface area contributed by atoms with E-state index in [1.165, 1.54) is 0 Å². The number of pyridine rings is 1. The molecule has 0 aliphatic rings. The topological polar surface area (TPSA) is 24.9 Å². The molecule has 0 amide bonds. The standard InChI is InChI=1S/C19H15BrCl2N2/c20-15-7-9-18(23-12-15)19(14-4-2-1-3-5-14)24-11-13-6-8-16(21)17(22)10-13/h1-10,12,19,24H,11H2. The molecule has 122 valence electrons. The molecule has 0 aliphatic heterocycles. The van der Waals surface area contributed by atoms with Crippen molar-refractivity contribution in [2.45, 2.75) is 12.6 Å².